The van der Waals surface area contributed by atoms with E-state index in [2.05, 4.69) is 208 Å². The highest BCUT2D eigenvalue weighted by molar-refractivity contribution is 6.25. The molecule has 1 heteroatoms. The first-order valence-electron chi connectivity index (χ1n) is 17.8. The van der Waals surface area contributed by atoms with Crippen molar-refractivity contribution in [3.8, 4) is 22.3 Å². The quantitative estimate of drug-likeness (QED) is 0.167. The van der Waals surface area contributed by atoms with Gasteiger partial charge in [-0.15, -0.1) is 0 Å². The second-order valence-corrected chi connectivity index (χ2v) is 14.6. The molecule has 51 heavy (non-hydrogen) atoms. The number of hydrogen-bond donors (Lipinski definition) is 0. The highest BCUT2D eigenvalue weighted by Crippen LogP contribution is 2.43. The molecule has 0 aliphatic rings. The van der Waals surface area contributed by atoms with E-state index in [1.165, 1.54) is 70.9 Å². The average Bonchev–Trinajstić information content (AvgIpc) is 3.17. The fourth-order valence-electron chi connectivity index (χ4n) is 7.75. The second-order valence-electron chi connectivity index (χ2n) is 14.6. The Morgan fingerprint density at radius 3 is 1.47 bits per heavy atom. The molecule has 0 heterocycles. The van der Waals surface area contributed by atoms with Gasteiger partial charge in [-0.3, -0.25) is 0 Å². The number of para-hydroxylation sites is 1. The van der Waals surface area contributed by atoms with Crippen LogP contribution < -0.4 is 4.90 Å². The first-order valence-corrected chi connectivity index (χ1v) is 17.8. The lowest BCUT2D eigenvalue weighted by atomic mass is 9.87. The van der Waals surface area contributed by atoms with Crippen LogP contribution in [0.3, 0.4) is 0 Å². The minimum atomic E-state index is 0.102. The molecule has 0 radical (unpaired) electrons. The summed E-state index contributed by atoms with van der Waals surface area (Å²) in [7, 11) is 0. The largest absolute Gasteiger partial charge is 0.310 e. The van der Waals surface area contributed by atoms with Gasteiger partial charge in [0.1, 0.15) is 0 Å². The monoisotopic (exact) mass is 653 g/mol. The van der Waals surface area contributed by atoms with Gasteiger partial charge in [0.25, 0.3) is 0 Å². The average molecular weight is 654 g/mol. The van der Waals surface area contributed by atoms with Gasteiger partial charge in [0.15, 0.2) is 0 Å². The Hall–Kier alpha value is -6.18. The highest BCUT2D eigenvalue weighted by Gasteiger charge is 2.18. The number of rotatable bonds is 5. The topological polar surface area (TPSA) is 3.24 Å². The maximum atomic E-state index is 2.41. The molecular formula is C50H39N. The highest BCUT2D eigenvalue weighted by atomic mass is 15.1. The normalized spacial score (nSPS) is 11.8. The van der Waals surface area contributed by atoms with Crippen LogP contribution in [-0.2, 0) is 5.41 Å². The lowest BCUT2D eigenvalue weighted by Gasteiger charge is -2.27. The summed E-state index contributed by atoms with van der Waals surface area (Å²) in [5, 5.41) is 10.1. The molecule has 0 aromatic heterocycles. The molecular weight excluding hydrogens is 615 g/mol. The molecule has 0 spiro atoms. The predicted molar refractivity (Wildman–Crippen MR) is 221 cm³/mol. The number of hydrogen-bond acceptors (Lipinski definition) is 1. The number of nitrogens with zero attached hydrogens (tertiary/aromatic N) is 1. The van der Waals surface area contributed by atoms with E-state index in [1.807, 2.05) is 0 Å². The Morgan fingerprint density at radius 1 is 0.353 bits per heavy atom. The van der Waals surface area contributed by atoms with E-state index >= 15 is 0 Å². The van der Waals surface area contributed by atoms with Gasteiger partial charge in [-0.1, -0.05) is 148 Å². The first-order chi connectivity index (χ1) is 24.9. The third-order valence-electron chi connectivity index (χ3n) is 10.3. The van der Waals surface area contributed by atoms with Gasteiger partial charge in [-0.05, 0) is 131 Å². The molecule has 0 aliphatic heterocycles. The summed E-state index contributed by atoms with van der Waals surface area (Å²) in [6.07, 6.45) is 0. The van der Waals surface area contributed by atoms with Gasteiger partial charge in [0.2, 0.25) is 0 Å². The van der Waals surface area contributed by atoms with Crippen molar-refractivity contribution in [1.82, 2.24) is 0 Å². The second kappa shape index (κ2) is 12.3. The van der Waals surface area contributed by atoms with Crippen molar-refractivity contribution in [2.75, 3.05) is 4.90 Å². The molecule has 0 aliphatic carbocycles. The fraction of sp³-hybridized carbons (Fsp3) is 0.0800. The van der Waals surface area contributed by atoms with E-state index in [0.717, 1.165) is 17.1 Å². The number of benzene rings is 9. The van der Waals surface area contributed by atoms with E-state index in [-0.39, 0.29) is 5.41 Å². The van der Waals surface area contributed by atoms with Crippen molar-refractivity contribution in [2.45, 2.75) is 26.2 Å². The van der Waals surface area contributed by atoms with Crippen LogP contribution in [0.4, 0.5) is 17.1 Å². The third kappa shape index (κ3) is 5.52. The lowest BCUT2D eigenvalue weighted by Crippen LogP contribution is -2.13. The van der Waals surface area contributed by atoms with Crippen molar-refractivity contribution < 1.29 is 0 Å². The Labute approximate surface area is 300 Å². The van der Waals surface area contributed by atoms with Crippen LogP contribution in [0, 0.1) is 0 Å². The molecule has 244 valence electrons. The summed E-state index contributed by atoms with van der Waals surface area (Å²) in [6, 6.07) is 66.8. The molecule has 0 fully saturated rings. The van der Waals surface area contributed by atoms with Crippen LogP contribution in [0.5, 0.6) is 0 Å². The summed E-state index contributed by atoms with van der Waals surface area (Å²) >= 11 is 0. The summed E-state index contributed by atoms with van der Waals surface area (Å²) in [5.41, 5.74) is 9.84. The maximum Gasteiger partial charge on any atom is 0.0468 e. The molecule has 9 rings (SSSR count). The van der Waals surface area contributed by atoms with Gasteiger partial charge in [0, 0.05) is 17.1 Å². The smallest absolute Gasteiger partial charge is 0.0468 e. The van der Waals surface area contributed by atoms with E-state index < -0.39 is 0 Å². The standard InChI is InChI=1S/C50H39N/c1-50(2,3)39-25-28-41(29-26-39)51(40-16-8-5-9-17-40)42-27-24-35-30-37(23-22-36(35)31-42)48-33-38-32-47(34-14-6-4-7-15-34)43-18-10-12-20-45(43)49(38)46-21-13-11-19-44(46)48/h4-33H,1-3H3. The molecule has 0 bridgehead atoms. The zero-order chi connectivity index (χ0) is 34.5. The lowest BCUT2D eigenvalue weighted by molar-refractivity contribution is 0.590. The van der Waals surface area contributed by atoms with Gasteiger partial charge in [-0.25, -0.2) is 0 Å². The third-order valence-corrected chi connectivity index (χ3v) is 10.3. The minimum Gasteiger partial charge on any atom is -0.310 e. The molecule has 9 aromatic carbocycles. The molecule has 0 saturated heterocycles. The minimum absolute atomic E-state index is 0.102. The zero-order valence-electron chi connectivity index (χ0n) is 29.3. The Balaban J connectivity index is 1.19. The van der Waals surface area contributed by atoms with Crippen molar-refractivity contribution in [2.24, 2.45) is 0 Å². The summed E-state index contributed by atoms with van der Waals surface area (Å²) in [6.45, 7) is 6.79. The van der Waals surface area contributed by atoms with E-state index in [9.17, 15) is 0 Å². The van der Waals surface area contributed by atoms with E-state index in [1.54, 1.807) is 0 Å². The van der Waals surface area contributed by atoms with Crippen molar-refractivity contribution >= 4 is 60.2 Å². The van der Waals surface area contributed by atoms with Crippen LogP contribution in [-0.4, -0.2) is 0 Å². The zero-order valence-corrected chi connectivity index (χ0v) is 29.3. The summed E-state index contributed by atoms with van der Waals surface area (Å²) < 4.78 is 0. The number of anilines is 3. The Kier molecular flexibility index (Phi) is 7.44. The van der Waals surface area contributed by atoms with E-state index in [4.69, 9.17) is 0 Å². The molecule has 1 nitrogen and oxygen atoms in total. The molecule has 0 N–H and O–H groups in total. The van der Waals surface area contributed by atoms with Gasteiger partial charge in [0.05, 0.1) is 0 Å². The Bertz CT molecular complexity index is 2700. The van der Waals surface area contributed by atoms with Crippen LogP contribution >= 0.6 is 0 Å². The molecule has 0 amide bonds. The SMILES string of the molecule is CC(C)(C)c1ccc(N(c2ccccc2)c2ccc3cc(-c4cc5cc(-c6ccccc6)c6ccccc6c5c5ccccc45)ccc3c2)cc1. The van der Waals surface area contributed by atoms with Gasteiger partial charge in [-0.2, -0.15) is 0 Å². The molecule has 9 aromatic rings. The first kappa shape index (κ1) is 30.8. The van der Waals surface area contributed by atoms with Crippen LogP contribution in [0.15, 0.2) is 182 Å². The summed E-state index contributed by atoms with van der Waals surface area (Å²) in [5.74, 6) is 0. The van der Waals surface area contributed by atoms with Crippen molar-refractivity contribution in [3.63, 3.8) is 0 Å². The fourth-order valence-corrected chi connectivity index (χ4v) is 7.75. The Morgan fingerprint density at radius 2 is 0.843 bits per heavy atom. The molecule has 0 unspecified atom stereocenters. The van der Waals surface area contributed by atoms with E-state index in [0.29, 0.717) is 0 Å². The van der Waals surface area contributed by atoms with Gasteiger partial charge < -0.3 is 4.90 Å². The predicted octanol–water partition coefficient (Wildman–Crippen LogP) is 14.4. The van der Waals surface area contributed by atoms with Crippen molar-refractivity contribution in [1.29, 1.82) is 0 Å². The maximum absolute atomic E-state index is 2.41. The van der Waals surface area contributed by atoms with Crippen LogP contribution in [0.25, 0.3) is 65.3 Å². The summed E-state index contributed by atoms with van der Waals surface area (Å²) in [4.78, 5) is 2.35. The molecule has 0 saturated carbocycles. The van der Waals surface area contributed by atoms with Crippen LogP contribution in [0.1, 0.15) is 26.3 Å². The van der Waals surface area contributed by atoms with Gasteiger partial charge >= 0.3 is 0 Å². The number of fused-ring (bicyclic) bond motifs is 6. The molecule has 0 atom stereocenters. The van der Waals surface area contributed by atoms with Crippen LogP contribution in [0.2, 0.25) is 0 Å². The van der Waals surface area contributed by atoms with Crippen molar-refractivity contribution in [3.05, 3.63) is 188 Å².